The summed E-state index contributed by atoms with van der Waals surface area (Å²) >= 11 is 1.51. The number of hydrogen-bond donors (Lipinski definition) is 2. The van der Waals surface area contributed by atoms with Crippen molar-refractivity contribution in [3.8, 4) is 0 Å². The van der Waals surface area contributed by atoms with Gasteiger partial charge in [0.05, 0.1) is 6.61 Å². The number of hydrogen-bond acceptors (Lipinski definition) is 4. The molecular formula is C16H21NO4S. The van der Waals surface area contributed by atoms with E-state index in [2.05, 4.69) is 0 Å². The van der Waals surface area contributed by atoms with Gasteiger partial charge in [-0.1, -0.05) is 0 Å². The molecule has 1 amide bonds. The third-order valence-corrected chi connectivity index (χ3v) is 5.05. The molecule has 0 saturated carbocycles. The number of nitrogens with zero attached hydrogens (tertiary/aromatic N) is 1. The second-order valence-electron chi connectivity index (χ2n) is 5.59. The van der Waals surface area contributed by atoms with Crippen molar-refractivity contribution in [2.24, 2.45) is 0 Å². The fourth-order valence-electron chi connectivity index (χ4n) is 2.68. The summed E-state index contributed by atoms with van der Waals surface area (Å²) in [6.45, 7) is 2.20. The topological polar surface area (TPSA) is 77.8 Å². The number of aliphatic hydroxyl groups is 1. The fourth-order valence-corrected chi connectivity index (χ4v) is 3.34. The first-order valence-corrected chi connectivity index (χ1v) is 8.36. The highest BCUT2D eigenvalue weighted by molar-refractivity contribution is 7.99. The lowest BCUT2D eigenvalue weighted by Gasteiger charge is -2.41. The number of aliphatic hydroxyl groups excluding tert-OH is 1. The molecule has 0 spiro atoms. The van der Waals surface area contributed by atoms with Crippen molar-refractivity contribution >= 4 is 23.6 Å². The third kappa shape index (κ3) is 3.44. The Morgan fingerprint density at radius 3 is 2.55 bits per heavy atom. The van der Waals surface area contributed by atoms with E-state index >= 15 is 0 Å². The van der Waals surface area contributed by atoms with Crippen molar-refractivity contribution in [1.82, 2.24) is 4.90 Å². The lowest BCUT2D eigenvalue weighted by Crippen LogP contribution is -2.57. The molecular weight excluding hydrogens is 302 g/mol. The first-order chi connectivity index (χ1) is 10.5. The van der Waals surface area contributed by atoms with Crippen LogP contribution in [0.4, 0.5) is 0 Å². The number of carboxylic acid groups (broad SMARTS) is 1. The molecule has 2 N–H and O–H groups in total. The minimum Gasteiger partial charge on any atom is -0.480 e. The van der Waals surface area contributed by atoms with Gasteiger partial charge in [-0.3, -0.25) is 4.79 Å². The minimum atomic E-state index is -1.13. The SMILES string of the molecule is CC1(C(=O)O)CCCCN1C(=O)c1ccc(SCCO)cc1. The van der Waals surface area contributed by atoms with Crippen LogP contribution in [0, 0.1) is 0 Å². The Kier molecular flexibility index (Phi) is 5.47. The van der Waals surface area contributed by atoms with Crippen molar-refractivity contribution in [3.05, 3.63) is 29.8 Å². The van der Waals surface area contributed by atoms with E-state index in [1.165, 1.54) is 16.7 Å². The van der Waals surface area contributed by atoms with Gasteiger partial charge in [-0.15, -0.1) is 11.8 Å². The van der Waals surface area contributed by atoms with E-state index in [9.17, 15) is 14.7 Å². The summed E-state index contributed by atoms with van der Waals surface area (Å²) in [6, 6.07) is 7.10. The summed E-state index contributed by atoms with van der Waals surface area (Å²) in [5.41, 5.74) is -0.623. The molecule has 1 unspecified atom stereocenters. The zero-order chi connectivity index (χ0) is 16.2. The van der Waals surface area contributed by atoms with Gasteiger partial charge >= 0.3 is 5.97 Å². The largest absolute Gasteiger partial charge is 0.480 e. The van der Waals surface area contributed by atoms with E-state index in [1.807, 2.05) is 12.1 Å². The van der Waals surface area contributed by atoms with Crippen LogP contribution < -0.4 is 0 Å². The molecule has 1 aromatic carbocycles. The minimum absolute atomic E-state index is 0.107. The first-order valence-electron chi connectivity index (χ1n) is 7.38. The van der Waals surface area contributed by atoms with Gasteiger partial charge in [0.15, 0.2) is 0 Å². The Labute approximate surface area is 134 Å². The van der Waals surface area contributed by atoms with Crippen LogP contribution in [0.3, 0.4) is 0 Å². The summed E-state index contributed by atoms with van der Waals surface area (Å²) < 4.78 is 0. The van der Waals surface area contributed by atoms with Gasteiger partial charge in [0, 0.05) is 22.8 Å². The summed E-state index contributed by atoms with van der Waals surface area (Å²) in [5, 5.41) is 18.3. The molecule has 5 nitrogen and oxygen atoms in total. The van der Waals surface area contributed by atoms with Crippen LogP contribution >= 0.6 is 11.8 Å². The molecule has 0 aliphatic carbocycles. The second-order valence-corrected chi connectivity index (χ2v) is 6.76. The second kappa shape index (κ2) is 7.15. The highest BCUT2D eigenvalue weighted by atomic mass is 32.2. The maximum atomic E-state index is 12.7. The van der Waals surface area contributed by atoms with E-state index in [-0.39, 0.29) is 12.5 Å². The third-order valence-electron chi connectivity index (χ3n) is 4.06. The molecule has 120 valence electrons. The van der Waals surface area contributed by atoms with Crippen LogP contribution in [0.25, 0.3) is 0 Å². The molecule has 6 heteroatoms. The van der Waals surface area contributed by atoms with Crippen LogP contribution in [-0.4, -0.2) is 51.4 Å². The molecule has 1 aromatic rings. The van der Waals surface area contributed by atoms with Gasteiger partial charge < -0.3 is 15.1 Å². The smallest absolute Gasteiger partial charge is 0.329 e. The average Bonchev–Trinajstić information content (AvgIpc) is 2.53. The number of carbonyl (C=O) groups is 2. The number of benzene rings is 1. The van der Waals surface area contributed by atoms with E-state index < -0.39 is 11.5 Å². The Bertz CT molecular complexity index is 546. The van der Waals surface area contributed by atoms with Gasteiger partial charge in [0.2, 0.25) is 0 Å². The number of thioether (sulfide) groups is 1. The maximum absolute atomic E-state index is 12.7. The highest BCUT2D eigenvalue weighted by Gasteiger charge is 2.44. The molecule has 1 fully saturated rings. The van der Waals surface area contributed by atoms with Crippen molar-refractivity contribution in [1.29, 1.82) is 0 Å². The number of aliphatic carboxylic acids is 1. The normalized spacial score (nSPS) is 21.6. The number of likely N-dealkylation sites (tertiary alicyclic amines) is 1. The lowest BCUT2D eigenvalue weighted by molar-refractivity contribution is -0.150. The van der Waals surface area contributed by atoms with E-state index in [0.717, 1.165) is 17.7 Å². The maximum Gasteiger partial charge on any atom is 0.329 e. The van der Waals surface area contributed by atoms with Gasteiger partial charge in [-0.2, -0.15) is 0 Å². The fraction of sp³-hybridized carbons (Fsp3) is 0.500. The van der Waals surface area contributed by atoms with E-state index in [4.69, 9.17) is 5.11 Å². The van der Waals surface area contributed by atoms with Crippen LogP contribution in [0.5, 0.6) is 0 Å². The standard InChI is InChI=1S/C16H21NO4S/c1-16(15(20)21)8-2-3-9-17(16)14(19)12-4-6-13(7-5-12)22-11-10-18/h4-7,18H,2-3,8-11H2,1H3,(H,20,21). The van der Waals surface area contributed by atoms with Gasteiger partial charge in [0.1, 0.15) is 5.54 Å². The Balaban J connectivity index is 2.17. The molecule has 1 heterocycles. The molecule has 0 radical (unpaired) electrons. The number of carboxylic acids is 1. The van der Waals surface area contributed by atoms with Gasteiger partial charge in [-0.25, -0.2) is 4.79 Å². The van der Waals surface area contributed by atoms with Crippen LogP contribution in [0.15, 0.2) is 29.2 Å². The summed E-state index contributed by atoms with van der Waals surface area (Å²) in [5.74, 6) is -0.574. The number of amides is 1. The van der Waals surface area contributed by atoms with E-state index in [1.54, 1.807) is 19.1 Å². The van der Waals surface area contributed by atoms with Crippen molar-refractivity contribution < 1.29 is 19.8 Å². The van der Waals surface area contributed by atoms with Gasteiger partial charge in [-0.05, 0) is 50.5 Å². The predicted molar refractivity (Wildman–Crippen MR) is 85.2 cm³/mol. The quantitative estimate of drug-likeness (QED) is 0.813. The molecule has 0 bridgehead atoms. The Morgan fingerprint density at radius 2 is 1.95 bits per heavy atom. The van der Waals surface area contributed by atoms with Crippen LogP contribution in [0.1, 0.15) is 36.5 Å². The number of rotatable bonds is 5. The van der Waals surface area contributed by atoms with Crippen LogP contribution in [0.2, 0.25) is 0 Å². The van der Waals surface area contributed by atoms with Gasteiger partial charge in [0.25, 0.3) is 5.91 Å². The zero-order valence-corrected chi connectivity index (χ0v) is 13.4. The monoisotopic (exact) mass is 323 g/mol. The zero-order valence-electron chi connectivity index (χ0n) is 12.6. The lowest BCUT2D eigenvalue weighted by atomic mass is 9.88. The van der Waals surface area contributed by atoms with Crippen LogP contribution in [-0.2, 0) is 4.79 Å². The van der Waals surface area contributed by atoms with Crippen molar-refractivity contribution in [2.45, 2.75) is 36.6 Å². The number of carbonyl (C=O) groups excluding carboxylic acids is 1. The molecule has 2 rings (SSSR count). The molecule has 1 saturated heterocycles. The summed E-state index contributed by atoms with van der Waals surface area (Å²) in [4.78, 5) is 26.7. The average molecular weight is 323 g/mol. The van der Waals surface area contributed by atoms with Crippen molar-refractivity contribution in [2.75, 3.05) is 18.9 Å². The number of piperidine rings is 1. The first kappa shape index (κ1) is 16.8. The molecule has 22 heavy (non-hydrogen) atoms. The Morgan fingerprint density at radius 1 is 1.27 bits per heavy atom. The highest BCUT2D eigenvalue weighted by Crippen LogP contribution is 2.30. The molecule has 1 aliphatic rings. The summed E-state index contributed by atoms with van der Waals surface area (Å²) in [7, 11) is 0. The predicted octanol–water partition coefficient (Wildman–Crippen LogP) is 2.24. The molecule has 1 aliphatic heterocycles. The molecule has 0 aromatic heterocycles. The summed E-state index contributed by atoms with van der Waals surface area (Å²) in [6.07, 6.45) is 2.14. The molecule has 1 atom stereocenters. The Hall–Kier alpha value is -1.53. The van der Waals surface area contributed by atoms with Crippen molar-refractivity contribution in [3.63, 3.8) is 0 Å². The van der Waals surface area contributed by atoms with E-state index in [0.29, 0.717) is 24.3 Å².